The number of carbonyl (C=O) groups excluding carboxylic acids is 2. The van der Waals surface area contributed by atoms with E-state index >= 15 is 0 Å². The Morgan fingerprint density at radius 2 is 2.04 bits per heavy atom. The van der Waals surface area contributed by atoms with Gasteiger partial charge >= 0.3 is 12.1 Å². The molecule has 10 nitrogen and oxygen atoms in total. The van der Waals surface area contributed by atoms with Crippen LogP contribution in [0.4, 0.5) is 4.79 Å². The maximum atomic E-state index is 11.8. The topological polar surface area (TPSA) is 156 Å². The zero-order valence-corrected chi connectivity index (χ0v) is 13.9. The van der Waals surface area contributed by atoms with Crippen molar-refractivity contribution in [3.63, 3.8) is 0 Å². The van der Waals surface area contributed by atoms with Crippen molar-refractivity contribution in [2.24, 2.45) is 5.14 Å². The van der Waals surface area contributed by atoms with Crippen LogP contribution in [0.3, 0.4) is 0 Å². The van der Waals surface area contributed by atoms with Crippen molar-refractivity contribution in [1.82, 2.24) is 10.2 Å². The monoisotopic (exact) mass is 351 g/mol. The lowest BCUT2D eigenvalue weighted by Gasteiger charge is -2.24. The minimum Gasteiger partial charge on any atom is -0.480 e. The molecule has 0 aliphatic carbocycles. The fourth-order valence-electron chi connectivity index (χ4n) is 1.99. The van der Waals surface area contributed by atoms with E-state index in [4.69, 9.17) is 15.0 Å². The highest BCUT2D eigenvalue weighted by Gasteiger charge is 2.38. The number of carboxylic acid groups (broad SMARTS) is 1. The number of aliphatic carboxylic acids is 1. The molecule has 2 amide bonds. The molecule has 0 saturated carbocycles. The molecule has 2 atom stereocenters. The number of hydrogen-bond donors (Lipinski definition) is 3. The van der Waals surface area contributed by atoms with Crippen LogP contribution >= 0.6 is 0 Å². The van der Waals surface area contributed by atoms with Crippen LogP contribution < -0.4 is 10.5 Å². The normalized spacial score (nSPS) is 20.3. The number of ether oxygens (including phenoxy) is 1. The number of sulfonamides is 1. The van der Waals surface area contributed by atoms with Gasteiger partial charge in [0.25, 0.3) is 0 Å². The number of likely N-dealkylation sites (tertiary alicyclic amines) is 1. The van der Waals surface area contributed by atoms with Gasteiger partial charge in [-0.25, -0.2) is 23.1 Å². The van der Waals surface area contributed by atoms with Crippen LogP contribution in [0, 0.1) is 0 Å². The van der Waals surface area contributed by atoms with Gasteiger partial charge in [-0.1, -0.05) is 0 Å². The highest BCUT2D eigenvalue weighted by Crippen LogP contribution is 2.17. The van der Waals surface area contributed by atoms with E-state index in [0.717, 1.165) is 4.90 Å². The lowest BCUT2D eigenvalue weighted by Crippen LogP contribution is -2.50. The Labute approximate surface area is 134 Å². The molecule has 0 radical (unpaired) electrons. The molecule has 0 bridgehead atoms. The SMILES string of the molecule is CC(C)(C)OC(=O)N[C@@H](CN1CC(S(N)(=O)=O)CC1=O)C(=O)O. The van der Waals surface area contributed by atoms with Crippen molar-refractivity contribution in [3.05, 3.63) is 0 Å². The molecule has 1 heterocycles. The van der Waals surface area contributed by atoms with Gasteiger partial charge in [-0.3, -0.25) is 4.79 Å². The summed E-state index contributed by atoms with van der Waals surface area (Å²) in [5, 5.41) is 15.2. The Bertz CT molecular complexity index is 596. The number of nitrogens with two attached hydrogens (primary N) is 1. The van der Waals surface area contributed by atoms with Crippen LogP contribution in [-0.4, -0.2) is 66.4 Å². The van der Waals surface area contributed by atoms with Crippen molar-refractivity contribution >= 4 is 28.0 Å². The first kappa shape index (κ1) is 19.2. The van der Waals surface area contributed by atoms with E-state index in [1.165, 1.54) is 0 Å². The van der Waals surface area contributed by atoms with E-state index in [9.17, 15) is 22.8 Å². The third kappa shape index (κ3) is 6.02. The number of nitrogens with one attached hydrogen (secondary N) is 1. The Morgan fingerprint density at radius 1 is 1.48 bits per heavy atom. The Kier molecular flexibility index (Phi) is 5.59. The number of primary sulfonamides is 1. The van der Waals surface area contributed by atoms with E-state index in [2.05, 4.69) is 5.32 Å². The molecule has 0 spiro atoms. The molecule has 0 aromatic heterocycles. The minimum absolute atomic E-state index is 0.211. The van der Waals surface area contributed by atoms with E-state index in [1.807, 2.05) is 0 Å². The molecule has 1 rings (SSSR count). The van der Waals surface area contributed by atoms with Crippen LogP contribution in [0.25, 0.3) is 0 Å². The quantitative estimate of drug-likeness (QED) is 0.564. The van der Waals surface area contributed by atoms with Crippen LogP contribution in [0.2, 0.25) is 0 Å². The minimum atomic E-state index is -3.89. The summed E-state index contributed by atoms with van der Waals surface area (Å²) in [6.07, 6.45) is -1.25. The Morgan fingerprint density at radius 3 is 2.43 bits per heavy atom. The predicted octanol–water partition coefficient (Wildman–Crippen LogP) is -1.15. The number of nitrogens with zero attached hydrogens (tertiary/aromatic N) is 1. The van der Waals surface area contributed by atoms with E-state index in [0.29, 0.717) is 0 Å². The van der Waals surface area contributed by atoms with E-state index in [1.54, 1.807) is 20.8 Å². The number of amides is 2. The van der Waals surface area contributed by atoms with Gasteiger partial charge in [-0.05, 0) is 20.8 Å². The molecule has 1 aliphatic heterocycles. The lowest BCUT2D eigenvalue weighted by molar-refractivity contribution is -0.140. The van der Waals surface area contributed by atoms with E-state index in [-0.39, 0.29) is 19.5 Å². The van der Waals surface area contributed by atoms with Gasteiger partial charge in [0.1, 0.15) is 16.9 Å². The fourth-order valence-corrected chi connectivity index (χ4v) is 2.75. The second-order valence-corrected chi connectivity index (χ2v) is 8.10. The molecule has 4 N–H and O–H groups in total. The standard InChI is InChI=1S/C12H21N3O7S/c1-12(2,3)22-11(19)14-8(10(17)18)6-15-5-7(4-9(15)16)23(13,20)21/h7-8H,4-6H2,1-3H3,(H,14,19)(H,17,18)(H2,13,20,21)/t7?,8-/m0/s1. The van der Waals surface area contributed by atoms with Crippen molar-refractivity contribution < 1.29 is 32.6 Å². The molecular formula is C12H21N3O7S. The number of carboxylic acids is 1. The van der Waals surface area contributed by atoms with Crippen molar-refractivity contribution in [3.8, 4) is 0 Å². The van der Waals surface area contributed by atoms with Crippen LogP contribution in [0.1, 0.15) is 27.2 Å². The molecular weight excluding hydrogens is 330 g/mol. The maximum absolute atomic E-state index is 11.8. The van der Waals surface area contributed by atoms with Gasteiger partial charge in [0, 0.05) is 13.0 Å². The summed E-state index contributed by atoms with van der Waals surface area (Å²) in [7, 11) is -3.89. The zero-order chi connectivity index (χ0) is 18.0. The van der Waals surface area contributed by atoms with E-state index < -0.39 is 44.9 Å². The molecule has 1 unspecified atom stereocenters. The third-order valence-electron chi connectivity index (χ3n) is 3.04. The highest BCUT2D eigenvalue weighted by molar-refractivity contribution is 7.89. The van der Waals surface area contributed by atoms with Crippen LogP contribution in [0.15, 0.2) is 0 Å². The largest absolute Gasteiger partial charge is 0.480 e. The van der Waals surface area contributed by atoms with Gasteiger partial charge in [0.2, 0.25) is 15.9 Å². The first-order chi connectivity index (χ1) is 10.3. The number of hydrogen-bond acceptors (Lipinski definition) is 6. The van der Waals surface area contributed by atoms with Gasteiger partial charge in [0.15, 0.2) is 0 Å². The van der Waals surface area contributed by atoms with Gasteiger partial charge in [0.05, 0.1) is 6.54 Å². The summed E-state index contributed by atoms with van der Waals surface area (Å²) in [5.74, 6) is -1.91. The molecule has 132 valence electrons. The Balaban J connectivity index is 2.72. The molecule has 0 aromatic rings. The molecule has 1 saturated heterocycles. The van der Waals surface area contributed by atoms with Gasteiger partial charge in [-0.2, -0.15) is 0 Å². The average molecular weight is 351 g/mol. The Hall–Kier alpha value is -1.88. The zero-order valence-electron chi connectivity index (χ0n) is 13.1. The number of carbonyl (C=O) groups is 3. The number of rotatable bonds is 5. The molecule has 1 fully saturated rings. The van der Waals surface area contributed by atoms with Crippen LogP contribution in [0.5, 0.6) is 0 Å². The summed E-state index contributed by atoms with van der Waals surface area (Å²) >= 11 is 0. The molecule has 0 aromatic carbocycles. The summed E-state index contributed by atoms with van der Waals surface area (Å²) in [6.45, 7) is 4.26. The summed E-state index contributed by atoms with van der Waals surface area (Å²) in [6, 6.07) is -1.42. The summed E-state index contributed by atoms with van der Waals surface area (Å²) < 4.78 is 27.5. The predicted molar refractivity (Wildman–Crippen MR) is 78.9 cm³/mol. The third-order valence-corrected chi connectivity index (χ3v) is 4.28. The smallest absolute Gasteiger partial charge is 0.408 e. The average Bonchev–Trinajstić information content (AvgIpc) is 2.67. The molecule has 23 heavy (non-hydrogen) atoms. The fraction of sp³-hybridized carbons (Fsp3) is 0.750. The summed E-state index contributed by atoms with van der Waals surface area (Å²) in [4.78, 5) is 35.7. The highest BCUT2D eigenvalue weighted by atomic mass is 32.2. The van der Waals surface area contributed by atoms with Crippen molar-refractivity contribution in [1.29, 1.82) is 0 Å². The lowest BCUT2D eigenvalue weighted by atomic mass is 10.2. The second kappa shape index (κ2) is 6.71. The molecule has 11 heteroatoms. The molecule has 1 aliphatic rings. The van der Waals surface area contributed by atoms with Crippen molar-refractivity contribution in [2.45, 2.75) is 44.1 Å². The first-order valence-corrected chi connectivity index (χ1v) is 8.42. The van der Waals surface area contributed by atoms with Gasteiger partial charge < -0.3 is 20.1 Å². The van der Waals surface area contributed by atoms with Crippen molar-refractivity contribution in [2.75, 3.05) is 13.1 Å². The van der Waals surface area contributed by atoms with Crippen LogP contribution in [-0.2, 0) is 24.3 Å². The number of alkyl carbamates (subject to hydrolysis) is 1. The second-order valence-electron chi connectivity index (χ2n) is 6.25. The first-order valence-electron chi connectivity index (χ1n) is 6.81. The summed E-state index contributed by atoms with van der Waals surface area (Å²) in [5.41, 5.74) is -0.810. The van der Waals surface area contributed by atoms with Gasteiger partial charge in [-0.15, -0.1) is 0 Å². The maximum Gasteiger partial charge on any atom is 0.408 e.